The van der Waals surface area contributed by atoms with Crippen molar-refractivity contribution in [1.29, 1.82) is 0 Å². The normalized spacial score (nSPS) is 11.2. The van der Waals surface area contributed by atoms with Crippen molar-refractivity contribution in [3.63, 3.8) is 0 Å². The number of halogens is 4. The number of pyridine rings is 1. The molecule has 0 saturated carbocycles. The second kappa shape index (κ2) is 3.71. The van der Waals surface area contributed by atoms with Crippen LogP contribution in [0.3, 0.4) is 0 Å². The van der Waals surface area contributed by atoms with Gasteiger partial charge in [0.15, 0.2) is 0 Å². The van der Waals surface area contributed by atoms with E-state index in [9.17, 15) is 22.4 Å². The zero-order chi connectivity index (χ0) is 11.6. The maximum Gasteiger partial charge on any atom is 0.574 e. The predicted octanol–water partition coefficient (Wildman–Crippen LogP) is 1.22. The van der Waals surface area contributed by atoms with Gasteiger partial charge in [-0.15, -0.1) is 13.2 Å². The van der Waals surface area contributed by atoms with Gasteiger partial charge in [-0.1, -0.05) is 0 Å². The predicted molar refractivity (Wildman–Crippen MR) is 39.4 cm³/mol. The molecule has 0 atom stereocenters. The number of primary amides is 1. The maximum atomic E-state index is 12.6. The molecule has 0 saturated heterocycles. The number of aromatic nitrogens is 1. The summed E-state index contributed by atoms with van der Waals surface area (Å²) in [6.45, 7) is 0. The third kappa shape index (κ3) is 3.41. The van der Waals surface area contributed by atoms with Crippen molar-refractivity contribution in [2.45, 2.75) is 6.36 Å². The third-order valence-electron chi connectivity index (χ3n) is 1.28. The third-order valence-corrected chi connectivity index (χ3v) is 1.28. The van der Waals surface area contributed by atoms with Gasteiger partial charge < -0.3 is 10.5 Å². The summed E-state index contributed by atoms with van der Waals surface area (Å²) >= 11 is 0. The van der Waals surface area contributed by atoms with Gasteiger partial charge in [-0.05, 0) is 0 Å². The Morgan fingerprint density at radius 2 is 2.00 bits per heavy atom. The van der Waals surface area contributed by atoms with Crippen LogP contribution in [0.15, 0.2) is 12.1 Å². The fraction of sp³-hybridized carbons (Fsp3) is 0.143. The molecule has 0 unspecified atom stereocenters. The van der Waals surface area contributed by atoms with Crippen LogP contribution in [0.2, 0.25) is 0 Å². The van der Waals surface area contributed by atoms with Gasteiger partial charge in [0.05, 0.1) is 0 Å². The smallest absolute Gasteiger partial charge is 0.388 e. The molecular formula is C7H4F4N2O2. The van der Waals surface area contributed by atoms with E-state index in [-0.39, 0.29) is 0 Å². The average Bonchev–Trinajstić information content (AvgIpc) is 1.99. The molecule has 0 aliphatic heterocycles. The summed E-state index contributed by atoms with van der Waals surface area (Å²) in [4.78, 5) is 13.3. The lowest BCUT2D eigenvalue weighted by Crippen LogP contribution is -2.19. The van der Waals surface area contributed by atoms with E-state index in [0.717, 1.165) is 0 Å². The van der Waals surface area contributed by atoms with Crippen LogP contribution in [0.1, 0.15) is 10.4 Å². The van der Waals surface area contributed by atoms with E-state index in [4.69, 9.17) is 5.73 Å². The van der Waals surface area contributed by atoms with E-state index in [0.29, 0.717) is 12.1 Å². The summed E-state index contributed by atoms with van der Waals surface area (Å²) < 4.78 is 51.0. The monoisotopic (exact) mass is 224 g/mol. The Bertz CT molecular complexity index is 391. The molecule has 1 heterocycles. The Morgan fingerprint density at radius 3 is 2.47 bits per heavy atom. The number of ether oxygens (including phenoxy) is 1. The lowest BCUT2D eigenvalue weighted by Gasteiger charge is -2.08. The Labute approximate surface area is 80.7 Å². The molecule has 0 radical (unpaired) electrons. The van der Waals surface area contributed by atoms with Crippen molar-refractivity contribution in [1.82, 2.24) is 4.98 Å². The number of rotatable bonds is 2. The number of nitrogens with zero attached hydrogens (tertiary/aromatic N) is 1. The van der Waals surface area contributed by atoms with Gasteiger partial charge in [0.25, 0.3) is 0 Å². The molecule has 4 nitrogen and oxygen atoms in total. The largest absolute Gasteiger partial charge is 0.574 e. The molecule has 1 aromatic rings. The van der Waals surface area contributed by atoms with Crippen molar-refractivity contribution < 1.29 is 27.1 Å². The first-order chi connectivity index (χ1) is 6.78. The molecule has 0 aliphatic carbocycles. The molecule has 1 aromatic heterocycles. The van der Waals surface area contributed by atoms with E-state index >= 15 is 0 Å². The second-order valence-electron chi connectivity index (χ2n) is 2.43. The summed E-state index contributed by atoms with van der Waals surface area (Å²) in [6.07, 6.45) is -5.00. The Morgan fingerprint density at radius 1 is 1.40 bits per heavy atom. The average molecular weight is 224 g/mol. The highest BCUT2D eigenvalue weighted by atomic mass is 19.4. The molecule has 0 aromatic carbocycles. The van der Waals surface area contributed by atoms with E-state index in [1.54, 1.807) is 0 Å². The van der Waals surface area contributed by atoms with E-state index < -0.39 is 29.7 Å². The topological polar surface area (TPSA) is 65.2 Å². The minimum Gasteiger partial charge on any atom is -0.388 e. The van der Waals surface area contributed by atoms with Gasteiger partial charge in [-0.25, -0.2) is 0 Å². The van der Waals surface area contributed by atoms with Crippen molar-refractivity contribution in [3.05, 3.63) is 23.6 Å². The zero-order valence-corrected chi connectivity index (χ0v) is 7.01. The molecule has 0 fully saturated rings. The Balaban J connectivity index is 3.04. The molecular weight excluding hydrogens is 220 g/mol. The Hall–Kier alpha value is -1.86. The van der Waals surface area contributed by atoms with Crippen LogP contribution in [0.25, 0.3) is 0 Å². The molecule has 0 aliphatic rings. The number of nitrogens with two attached hydrogens (primary N) is 1. The highest BCUT2D eigenvalue weighted by Crippen LogP contribution is 2.21. The number of amides is 1. The van der Waals surface area contributed by atoms with Gasteiger partial charge in [0.2, 0.25) is 17.7 Å². The molecule has 15 heavy (non-hydrogen) atoms. The lowest BCUT2D eigenvalue weighted by molar-refractivity contribution is -0.276. The summed E-state index contributed by atoms with van der Waals surface area (Å²) in [5, 5.41) is 0. The van der Waals surface area contributed by atoms with Gasteiger partial charge in [-0.3, -0.25) is 4.79 Å². The van der Waals surface area contributed by atoms with Crippen molar-refractivity contribution >= 4 is 5.91 Å². The minimum absolute atomic E-state index is 0.457. The minimum atomic E-state index is -5.00. The van der Waals surface area contributed by atoms with Crippen LogP contribution in [0.5, 0.6) is 5.88 Å². The van der Waals surface area contributed by atoms with Gasteiger partial charge in [0.1, 0.15) is 0 Å². The standard InChI is InChI=1S/C7H4F4N2O2/c8-4-1-3(6(12)14)2-5(13-4)15-7(9,10)11/h1-2H,(H2,12,14). The van der Waals surface area contributed by atoms with Gasteiger partial charge >= 0.3 is 6.36 Å². The van der Waals surface area contributed by atoms with Crippen molar-refractivity contribution in [3.8, 4) is 5.88 Å². The molecule has 1 amide bonds. The molecule has 2 N–H and O–H groups in total. The van der Waals surface area contributed by atoms with Crippen LogP contribution < -0.4 is 10.5 Å². The first-order valence-electron chi connectivity index (χ1n) is 3.51. The molecule has 1 rings (SSSR count). The fourth-order valence-corrected chi connectivity index (χ4v) is 0.786. The Kier molecular flexibility index (Phi) is 2.78. The summed E-state index contributed by atoms with van der Waals surface area (Å²) in [6, 6.07) is 1.20. The van der Waals surface area contributed by atoms with Gasteiger partial charge in [0, 0.05) is 17.7 Å². The highest BCUT2D eigenvalue weighted by Gasteiger charge is 2.32. The van der Waals surface area contributed by atoms with Gasteiger partial charge in [-0.2, -0.15) is 9.37 Å². The lowest BCUT2D eigenvalue weighted by atomic mass is 10.2. The number of carbonyl (C=O) groups excluding carboxylic acids is 1. The zero-order valence-electron chi connectivity index (χ0n) is 7.01. The second-order valence-corrected chi connectivity index (χ2v) is 2.43. The highest BCUT2D eigenvalue weighted by molar-refractivity contribution is 5.92. The first kappa shape index (κ1) is 11.2. The molecule has 0 bridgehead atoms. The summed E-state index contributed by atoms with van der Waals surface area (Å²) in [5.74, 6) is -3.44. The summed E-state index contributed by atoms with van der Waals surface area (Å²) in [5.41, 5.74) is 4.29. The molecule has 8 heteroatoms. The van der Waals surface area contributed by atoms with Crippen LogP contribution in [-0.2, 0) is 0 Å². The van der Waals surface area contributed by atoms with Crippen LogP contribution in [0.4, 0.5) is 17.6 Å². The van der Waals surface area contributed by atoms with Crippen LogP contribution >= 0.6 is 0 Å². The number of hydrogen-bond acceptors (Lipinski definition) is 3. The van der Waals surface area contributed by atoms with Crippen LogP contribution in [-0.4, -0.2) is 17.3 Å². The van der Waals surface area contributed by atoms with E-state index in [1.807, 2.05) is 0 Å². The molecule has 0 spiro atoms. The number of carbonyl (C=O) groups is 1. The van der Waals surface area contributed by atoms with Crippen LogP contribution in [0, 0.1) is 5.95 Å². The maximum absolute atomic E-state index is 12.6. The SMILES string of the molecule is NC(=O)c1cc(F)nc(OC(F)(F)F)c1. The van der Waals surface area contributed by atoms with E-state index in [2.05, 4.69) is 9.72 Å². The fourth-order valence-electron chi connectivity index (χ4n) is 0.786. The van der Waals surface area contributed by atoms with Crippen molar-refractivity contribution in [2.75, 3.05) is 0 Å². The molecule has 82 valence electrons. The van der Waals surface area contributed by atoms with Crippen molar-refractivity contribution in [2.24, 2.45) is 5.73 Å². The first-order valence-corrected chi connectivity index (χ1v) is 3.51. The number of hydrogen-bond donors (Lipinski definition) is 1. The van der Waals surface area contributed by atoms with E-state index in [1.165, 1.54) is 0 Å². The quantitative estimate of drug-likeness (QED) is 0.606. The number of alkyl halides is 3. The summed E-state index contributed by atoms with van der Waals surface area (Å²) in [7, 11) is 0.